The van der Waals surface area contributed by atoms with Crippen LogP contribution in [0.15, 0.2) is 12.3 Å². The molecule has 0 aliphatic heterocycles. The van der Waals surface area contributed by atoms with Crippen LogP contribution in [0.2, 0.25) is 0 Å². The van der Waals surface area contributed by atoms with Gasteiger partial charge in [-0.25, -0.2) is 9.59 Å². The number of hydrogen-bond donors (Lipinski definition) is 1. The van der Waals surface area contributed by atoms with Crippen LogP contribution in [0.3, 0.4) is 0 Å². The van der Waals surface area contributed by atoms with E-state index in [0.29, 0.717) is 18.4 Å². The van der Waals surface area contributed by atoms with Crippen molar-refractivity contribution in [2.24, 2.45) is 17.3 Å². The van der Waals surface area contributed by atoms with Crippen LogP contribution < -0.4 is 0 Å². The van der Waals surface area contributed by atoms with E-state index in [0.717, 1.165) is 18.8 Å². The van der Waals surface area contributed by atoms with Gasteiger partial charge in [-0.15, -0.1) is 0 Å². The molecule has 0 bridgehead atoms. The summed E-state index contributed by atoms with van der Waals surface area (Å²) in [4.78, 5) is 31.0. The normalized spacial score (nSPS) is 13.1. The van der Waals surface area contributed by atoms with E-state index in [-0.39, 0.29) is 18.6 Å². The molecule has 0 fully saturated rings. The SMILES string of the molecule is CC(C)C(C)(C)C(C)CCOOC=CC(=O)OCCOC(=O)O. The Balaban J connectivity index is 3.75. The van der Waals surface area contributed by atoms with E-state index in [2.05, 4.69) is 44.1 Å². The molecule has 134 valence electrons. The number of rotatable bonds is 11. The maximum Gasteiger partial charge on any atom is 0.505 e. The zero-order chi connectivity index (χ0) is 17.9. The van der Waals surface area contributed by atoms with E-state index in [4.69, 9.17) is 14.9 Å². The zero-order valence-corrected chi connectivity index (χ0v) is 14.5. The molecule has 1 atom stereocenters. The van der Waals surface area contributed by atoms with E-state index in [1.807, 2.05) is 0 Å². The number of carboxylic acid groups (broad SMARTS) is 1. The fourth-order valence-electron chi connectivity index (χ4n) is 1.66. The predicted octanol–water partition coefficient (Wildman–Crippen LogP) is 3.39. The minimum atomic E-state index is -1.41. The molecule has 0 heterocycles. The summed E-state index contributed by atoms with van der Waals surface area (Å²) in [6, 6.07) is 0. The van der Waals surface area contributed by atoms with Gasteiger partial charge in [-0.3, -0.25) is 0 Å². The van der Waals surface area contributed by atoms with Gasteiger partial charge in [0.15, 0.2) is 0 Å². The molecule has 7 heteroatoms. The first-order chi connectivity index (χ1) is 10.7. The molecular weight excluding hydrogens is 304 g/mol. The first-order valence-electron chi connectivity index (χ1n) is 7.65. The molecule has 0 saturated carbocycles. The summed E-state index contributed by atoms with van der Waals surface area (Å²) >= 11 is 0. The Hall–Kier alpha value is -1.76. The van der Waals surface area contributed by atoms with E-state index in [1.165, 1.54) is 0 Å². The van der Waals surface area contributed by atoms with Gasteiger partial charge < -0.3 is 19.5 Å². The Bertz CT molecular complexity index is 388. The van der Waals surface area contributed by atoms with Crippen LogP contribution in [-0.2, 0) is 24.0 Å². The van der Waals surface area contributed by atoms with Crippen molar-refractivity contribution < 1.29 is 33.9 Å². The van der Waals surface area contributed by atoms with Crippen LogP contribution in [-0.4, -0.2) is 37.1 Å². The lowest BCUT2D eigenvalue weighted by Gasteiger charge is -2.35. The van der Waals surface area contributed by atoms with Crippen molar-refractivity contribution in [1.82, 2.24) is 0 Å². The summed E-state index contributed by atoms with van der Waals surface area (Å²) in [6.07, 6.45) is 1.56. The highest BCUT2D eigenvalue weighted by Crippen LogP contribution is 2.36. The van der Waals surface area contributed by atoms with Gasteiger partial charge in [-0.05, 0) is 23.7 Å². The third-order valence-corrected chi connectivity index (χ3v) is 4.27. The maximum absolute atomic E-state index is 11.2. The Morgan fingerprint density at radius 2 is 1.70 bits per heavy atom. The van der Waals surface area contributed by atoms with Gasteiger partial charge in [0.2, 0.25) is 0 Å². The van der Waals surface area contributed by atoms with Gasteiger partial charge in [0.05, 0.1) is 12.7 Å². The van der Waals surface area contributed by atoms with E-state index in [1.54, 1.807) is 0 Å². The van der Waals surface area contributed by atoms with Crippen LogP contribution >= 0.6 is 0 Å². The fourth-order valence-corrected chi connectivity index (χ4v) is 1.66. The molecule has 0 saturated heterocycles. The summed E-state index contributed by atoms with van der Waals surface area (Å²) in [6.45, 7) is 11.1. The molecule has 0 rings (SSSR count). The molecule has 1 N–H and O–H groups in total. The highest BCUT2D eigenvalue weighted by atomic mass is 17.2. The first kappa shape index (κ1) is 21.2. The molecule has 0 aromatic heterocycles. The van der Waals surface area contributed by atoms with Gasteiger partial charge in [-0.1, -0.05) is 34.6 Å². The lowest BCUT2D eigenvalue weighted by atomic mass is 9.70. The van der Waals surface area contributed by atoms with Crippen LogP contribution in [0, 0.1) is 17.3 Å². The number of carbonyl (C=O) groups excluding carboxylic acids is 1. The lowest BCUT2D eigenvalue weighted by Crippen LogP contribution is -2.28. The highest BCUT2D eigenvalue weighted by Gasteiger charge is 2.28. The van der Waals surface area contributed by atoms with E-state index >= 15 is 0 Å². The number of hydrogen-bond acceptors (Lipinski definition) is 6. The van der Waals surface area contributed by atoms with Crippen molar-refractivity contribution in [3.05, 3.63) is 12.3 Å². The third kappa shape index (κ3) is 9.78. The second-order valence-electron chi connectivity index (χ2n) is 6.17. The summed E-state index contributed by atoms with van der Waals surface area (Å²) in [7, 11) is 0. The van der Waals surface area contributed by atoms with Crippen molar-refractivity contribution >= 4 is 12.1 Å². The van der Waals surface area contributed by atoms with Crippen LogP contribution in [0.1, 0.15) is 41.0 Å². The largest absolute Gasteiger partial charge is 0.505 e. The summed E-state index contributed by atoms with van der Waals surface area (Å²) < 4.78 is 8.83. The monoisotopic (exact) mass is 332 g/mol. The van der Waals surface area contributed by atoms with E-state index in [9.17, 15) is 9.59 Å². The molecule has 0 radical (unpaired) electrons. The molecule has 0 aromatic carbocycles. The van der Waals surface area contributed by atoms with Crippen molar-refractivity contribution in [1.29, 1.82) is 0 Å². The fraction of sp³-hybridized carbons (Fsp3) is 0.750. The quantitative estimate of drug-likeness (QED) is 0.155. The third-order valence-electron chi connectivity index (χ3n) is 4.27. The van der Waals surface area contributed by atoms with Crippen LogP contribution in [0.5, 0.6) is 0 Å². The number of ether oxygens (including phenoxy) is 2. The molecule has 23 heavy (non-hydrogen) atoms. The number of esters is 1. The standard InChI is InChI=1S/C16H28O7/c1-12(2)16(4,5)13(3)6-8-22-23-9-7-14(17)20-10-11-21-15(18)19/h7,9,12-13H,6,8,10-11H2,1-5H3,(H,18,19). The topological polar surface area (TPSA) is 91.3 Å². The molecular formula is C16H28O7. The molecule has 7 nitrogen and oxygen atoms in total. The molecule has 1 unspecified atom stereocenters. The summed E-state index contributed by atoms with van der Waals surface area (Å²) in [5, 5.41) is 8.21. The second-order valence-corrected chi connectivity index (χ2v) is 6.17. The van der Waals surface area contributed by atoms with Crippen molar-refractivity contribution in [3.8, 4) is 0 Å². The molecule has 0 amide bonds. The second kappa shape index (κ2) is 10.9. The minimum absolute atomic E-state index is 0.155. The summed E-state index contributed by atoms with van der Waals surface area (Å²) in [5.41, 5.74) is 0.209. The lowest BCUT2D eigenvalue weighted by molar-refractivity contribution is -0.251. The van der Waals surface area contributed by atoms with Crippen molar-refractivity contribution in [2.75, 3.05) is 19.8 Å². The molecule has 0 aliphatic carbocycles. The van der Waals surface area contributed by atoms with E-state index < -0.39 is 12.1 Å². The summed E-state index contributed by atoms with van der Waals surface area (Å²) in [5.74, 6) is 0.365. The predicted molar refractivity (Wildman–Crippen MR) is 83.5 cm³/mol. The molecule has 0 aliphatic rings. The Labute approximate surface area is 137 Å². The van der Waals surface area contributed by atoms with Crippen LogP contribution in [0.4, 0.5) is 4.79 Å². The van der Waals surface area contributed by atoms with Crippen molar-refractivity contribution in [2.45, 2.75) is 41.0 Å². The minimum Gasteiger partial charge on any atom is -0.459 e. The number of carbonyl (C=O) groups is 2. The maximum atomic E-state index is 11.2. The van der Waals surface area contributed by atoms with Gasteiger partial charge in [0, 0.05) is 0 Å². The Kier molecular flexibility index (Phi) is 10.0. The Morgan fingerprint density at radius 3 is 2.26 bits per heavy atom. The van der Waals surface area contributed by atoms with Gasteiger partial charge in [0.1, 0.15) is 19.5 Å². The first-order valence-corrected chi connectivity index (χ1v) is 7.65. The van der Waals surface area contributed by atoms with Gasteiger partial charge in [-0.2, -0.15) is 4.89 Å². The average molecular weight is 332 g/mol. The highest BCUT2D eigenvalue weighted by molar-refractivity contribution is 5.81. The van der Waals surface area contributed by atoms with Crippen LogP contribution in [0.25, 0.3) is 0 Å². The van der Waals surface area contributed by atoms with Gasteiger partial charge in [0.25, 0.3) is 0 Å². The molecule has 0 aromatic rings. The van der Waals surface area contributed by atoms with Crippen molar-refractivity contribution in [3.63, 3.8) is 0 Å². The molecule has 0 spiro atoms. The Morgan fingerprint density at radius 1 is 1.09 bits per heavy atom. The average Bonchev–Trinajstić information content (AvgIpc) is 2.46. The zero-order valence-electron chi connectivity index (χ0n) is 14.5. The van der Waals surface area contributed by atoms with Gasteiger partial charge >= 0.3 is 12.1 Å². The smallest absolute Gasteiger partial charge is 0.459 e.